The summed E-state index contributed by atoms with van der Waals surface area (Å²) in [5.41, 5.74) is 8.94. The van der Waals surface area contributed by atoms with Crippen LogP contribution in [0, 0.1) is 0 Å². The van der Waals surface area contributed by atoms with Gasteiger partial charge in [-0.3, -0.25) is 4.98 Å². The van der Waals surface area contributed by atoms with Crippen molar-refractivity contribution in [2.24, 2.45) is 0 Å². The third-order valence-corrected chi connectivity index (χ3v) is 7.22. The van der Waals surface area contributed by atoms with Gasteiger partial charge in [-0.1, -0.05) is 79.4 Å². The smallest absolute Gasteiger partial charge is 0.0811 e. The molecule has 37 heavy (non-hydrogen) atoms. The van der Waals surface area contributed by atoms with Crippen molar-refractivity contribution in [2.75, 3.05) is 0 Å². The van der Waals surface area contributed by atoms with Gasteiger partial charge in [-0.25, -0.2) is 0 Å². The maximum absolute atomic E-state index is 4.97. The Balaban J connectivity index is 1.89. The molecule has 7 rings (SSSR count). The van der Waals surface area contributed by atoms with E-state index in [-0.39, 0.29) is 0 Å². The number of benzene rings is 4. The molecular weight excluding hydrogens is 450 g/mol. The van der Waals surface area contributed by atoms with Gasteiger partial charge in [0.1, 0.15) is 0 Å². The minimum absolute atomic E-state index is 1.01. The van der Waals surface area contributed by atoms with Crippen LogP contribution < -0.4 is 0 Å². The Labute approximate surface area is 215 Å². The lowest BCUT2D eigenvalue weighted by Gasteiger charge is -2.14. The average molecular weight is 476 g/mol. The van der Waals surface area contributed by atoms with E-state index >= 15 is 0 Å². The van der Waals surface area contributed by atoms with Crippen molar-refractivity contribution in [3.8, 4) is 11.4 Å². The molecule has 0 aliphatic heterocycles. The predicted molar refractivity (Wildman–Crippen MR) is 158 cm³/mol. The monoisotopic (exact) mass is 475 g/mol. The predicted octanol–water partition coefficient (Wildman–Crippen LogP) is 8.95. The number of allylic oxidation sites excluding steroid dienone is 1. The van der Waals surface area contributed by atoms with E-state index in [1.807, 2.05) is 18.3 Å². The first-order chi connectivity index (χ1) is 18.3. The van der Waals surface area contributed by atoms with Crippen molar-refractivity contribution in [1.29, 1.82) is 0 Å². The summed E-state index contributed by atoms with van der Waals surface area (Å²) < 4.78 is 4.78. The van der Waals surface area contributed by atoms with Gasteiger partial charge in [0.2, 0.25) is 0 Å². The number of aromatic nitrogens is 3. The van der Waals surface area contributed by atoms with Gasteiger partial charge >= 0.3 is 0 Å². The molecule has 0 amide bonds. The van der Waals surface area contributed by atoms with Crippen molar-refractivity contribution < 1.29 is 0 Å². The van der Waals surface area contributed by atoms with Crippen molar-refractivity contribution in [3.63, 3.8) is 0 Å². The van der Waals surface area contributed by atoms with Gasteiger partial charge in [0.25, 0.3) is 0 Å². The summed E-state index contributed by atoms with van der Waals surface area (Å²) in [6, 6.07) is 34.1. The molecule has 4 aromatic carbocycles. The van der Waals surface area contributed by atoms with Gasteiger partial charge < -0.3 is 9.13 Å². The van der Waals surface area contributed by atoms with Crippen molar-refractivity contribution in [3.05, 3.63) is 127 Å². The SMILES string of the molecule is C=Cc1c(/C=C\C)n(-c2ccccc2)c2c1c1cccnc1c1c3ccccc3n(-c3ccccc3)c12. The number of pyridine rings is 1. The lowest BCUT2D eigenvalue weighted by Crippen LogP contribution is -2.00. The fourth-order valence-corrected chi connectivity index (χ4v) is 5.83. The highest BCUT2D eigenvalue weighted by atomic mass is 15.1. The van der Waals surface area contributed by atoms with Crippen LogP contribution in [0.2, 0.25) is 0 Å². The molecule has 0 saturated heterocycles. The van der Waals surface area contributed by atoms with Gasteiger partial charge in [-0.05, 0) is 49.4 Å². The second-order valence-corrected chi connectivity index (χ2v) is 9.21. The molecule has 0 bridgehead atoms. The Morgan fingerprint density at radius 3 is 2.00 bits per heavy atom. The van der Waals surface area contributed by atoms with E-state index in [9.17, 15) is 0 Å². The Morgan fingerprint density at radius 2 is 1.30 bits per heavy atom. The lowest BCUT2D eigenvalue weighted by atomic mass is 10.0. The third-order valence-electron chi connectivity index (χ3n) is 7.22. The van der Waals surface area contributed by atoms with E-state index in [1.165, 1.54) is 16.2 Å². The number of para-hydroxylation sites is 3. The summed E-state index contributed by atoms with van der Waals surface area (Å²) in [6.07, 6.45) is 8.18. The molecule has 0 saturated carbocycles. The van der Waals surface area contributed by atoms with Crippen molar-refractivity contribution in [1.82, 2.24) is 14.1 Å². The fourth-order valence-electron chi connectivity index (χ4n) is 5.83. The van der Waals surface area contributed by atoms with E-state index in [1.54, 1.807) is 0 Å². The maximum Gasteiger partial charge on any atom is 0.0811 e. The average Bonchev–Trinajstić information content (AvgIpc) is 3.47. The number of rotatable bonds is 4. The summed E-state index contributed by atoms with van der Waals surface area (Å²) >= 11 is 0. The van der Waals surface area contributed by atoms with Crippen LogP contribution in [0.4, 0.5) is 0 Å². The van der Waals surface area contributed by atoms with E-state index in [2.05, 4.69) is 126 Å². The molecule has 0 aliphatic carbocycles. The second kappa shape index (κ2) is 8.35. The van der Waals surface area contributed by atoms with E-state index in [4.69, 9.17) is 4.98 Å². The molecule has 3 nitrogen and oxygen atoms in total. The van der Waals surface area contributed by atoms with E-state index in [0.717, 1.165) is 50.1 Å². The van der Waals surface area contributed by atoms with Crippen LogP contribution >= 0.6 is 0 Å². The highest BCUT2D eigenvalue weighted by Crippen LogP contribution is 2.45. The minimum Gasteiger partial charge on any atom is -0.307 e. The number of nitrogens with zero attached hydrogens (tertiary/aromatic N) is 3. The molecule has 7 aromatic rings. The summed E-state index contributed by atoms with van der Waals surface area (Å²) in [7, 11) is 0. The van der Waals surface area contributed by atoms with Gasteiger partial charge in [0, 0.05) is 44.7 Å². The van der Waals surface area contributed by atoms with Gasteiger partial charge in [-0.2, -0.15) is 0 Å². The normalized spacial score (nSPS) is 11.9. The molecule has 3 heteroatoms. The maximum atomic E-state index is 4.97. The largest absolute Gasteiger partial charge is 0.307 e. The minimum atomic E-state index is 1.01. The first-order valence-corrected chi connectivity index (χ1v) is 12.6. The summed E-state index contributed by atoms with van der Waals surface area (Å²) in [4.78, 5) is 4.97. The molecule has 0 fully saturated rings. The quantitative estimate of drug-likeness (QED) is 0.249. The molecule has 0 N–H and O–H groups in total. The number of hydrogen-bond donors (Lipinski definition) is 0. The molecule has 0 unspecified atom stereocenters. The van der Waals surface area contributed by atoms with Crippen LogP contribution in [-0.4, -0.2) is 14.1 Å². The van der Waals surface area contributed by atoms with Crippen LogP contribution in [0.3, 0.4) is 0 Å². The molecule has 3 heterocycles. The third kappa shape index (κ3) is 2.98. The van der Waals surface area contributed by atoms with Crippen molar-refractivity contribution in [2.45, 2.75) is 6.92 Å². The van der Waals surface area contributed by atoms with Crippen LogP contribution in [0.25, 0.3) is 67.1 Å². The Hall–Kier alpha value is -4.89. The zero-order valence-electron chi connectivity index (χ0n) is 20.6. The summed E-state index contributed by atoms with van der Waals surface area (Å²) in [6.45, 7) is 6.33. The molecule has 0 aliphatic rings. The van der Waals surface area contributed by atoms with Crippen LogP contribution in [0.5, 0.6) is 0 Å². The van der Waals surface area contributed by atoms with E-state index < -0.39 is 0 Å². The van der Waals surface area contributed by atoms with Crippen molar-refractivity contribution >= 4 is 55.8 Å². The Kier molecular flexibility index (Phi) is 4.83. The van der Waals surface area contributed by atoms with Gasteiger partial charge in [0.15, 0.2) is 0 Å². The topological polar surface area (TPSA) is 22.8 Å². The molecular formula is C34H25N3. The summed E-state index contributed by atoms with van der Waals surface area (Å²) in [5.74, 6) is 0. The van der Waals surface area contributed by atoms with Gasteiger partial charge in [-0.15, -0.1) is 0 Å². The zero-order chi connectivity index (χ0) is 24.9. The first-order valence-electron chi connectivity index (χ1n) is 12.6. The van der Waals surface area contributed by atoms with E-state index in [0.29, 0.717) is 0 Å². The summed E-state index contributed by atoms with van der Waals surface area (Å²) in [5, 5.41) is 4.67. The zero-order valence-corrected chi connectivity index (χ0v) is 20.6. The lowest BCUT2D eigenvalue weighted by molar-refractivity contribution is 1.10. The first kappa shape index (κ1) is 21.4. The Morgan fingerprint density at radius 1 is 0.676 bits per heavy atom. The molecule has 3 aromatic heterocycles. The molecule has 0 atom stereocenters. The van der Waals surface area contributed by atoms with Crippen LogP contribution in [0.1, 0.15) is 18.2 Å². The second-order valence-electron chi connectivity index (χ2n) is 9.21. The highest BCUT2D eigenvalue weighted by Gasteiger charge is 2.26. The molecule has 0 radical (unpaired) electrons. The van der Waals surface area contributed by atoms with Crippen LogP contribution in [-0.2, 0) is 0 Å². The molecule has 0 spiro atoms. The highest BCUT2D eigenvalue weighted by molar-refractivity contribution is 6.32. The van der Waals surface area contributed by atoms with Crippen LogP contribution in [0.15, 0.2) is 116 Å². The fraction of sp³-hybridized carbons (Fsp3) is 0.0294. The Bertz CT molecular complexity index is 1990. The number of hydrogen-bond acceptors (Lipinski definition) is 1. The molecule has 176 valence electrons. The number of fused-ring (bicyclic) bond motifs is 8. The van der Waals surface area contributed by atoms with Gasteiger partial charge in [0.05, 0.1) is 27.8 Å². The standard InChI is InChI=1S/C34H25N3/c1-3-14-28-25(4-2)30-27-20-13-22-35-32(27)31-26-19-11-12-21-29(26)37(24-17-9-6-10-18-24)34(31)33(30)36(28)23-15-7-5-8-16-23/h3-22H,2H2,1H3/b14-3-.